The lowest BCUT2D eigenvalue weighted by atomic mass is 9.88. The largest absolute Gasteiger partial charge is 0.381 e. The van der Waals surface area contributed by atoms with Crippen LogP contribution in [0.1, 0.15) is 37.5 Å². The average Bonchev–Trinajstić information content (AvgIpc) is 3.19. The number of rotatable bonds is 3. The van der Waals surface area contributed by atoms with E-state index in [4.69, 9.17) is 26.6 Å². The SMILES string of the molecule is NC1(C(=O)N2CCCC(c3nc(-c4ccc(Cl)cc4)no3)C2)CCOCC1. The van der Waals surface area contributed by atoms with E-state index < -0.39 is 5.54 Å². The lowest BCUT2D eigenvalue weighted by molar-refractivity contribution is -0.142. The molecule has 27 heavy (non-hydrogen) atoms. The molecule has 1 unspecified atom stereocenters. The minimum atomic E-state index is -0.816. The van der Waals surface area contributed by atoms with Crippen LogP contribution >= 0.6 is 11.6 Å². The second kappa shape index (κ2) is 7.58. The van der Waals surface area contributed by atoms with Crippen LogP contribution in [-0.4, -0.2) is 52.8 Å². The summed E-state index contributed by atoms with van der Waals surface area (Å²) in [4.78, 5) is 19.4. The molecule has 7 nitrogen and oxygen atoms in total. The van der Waals surface area contributed by atoms with Gasteiger partial charge in [0.1, 0.15) is 0 Å². The highest BCUT2D eigenvalue weighted by Gasteiger charge is 2.41. The van der Waals surface area contributed by atoms with Crippen LogP contribution in [0.15, 0.2) is 28.8 Å². The number of carbonyl (C=O) groups excluding carboxylic acids is 1. The summed E-state index contributed by atoms with van der Waals surface area (Å²) >= 11 is 5.93. The first-order chi connectivity index (χ1) is 13.0. The predicted octanol–water partition coefficient (Wildman–Crippen LogP) is 2.60. The number of halogens is 1. The number of ether oxygens (including phenoxy) is 1. The van der Waals surface area contributed by atoms with Crippen LogP contribution in [0.3, 0.4) is 0 Å². The van der Waals surface area contributed by atoms with E-state index in [-0.39, 0.29) is 11.8 Å². The molecular weight excluding hydrogens is 368 g/mol. The zero-order valence-electron chi connectivity index (χ0n) is 15.1. The van der Waals surface area contributed by atoms with E-state index in [2.05, 4.69) is 10.1 Å². The van der Waals surface area contributed by atoms with Gasteiger partial charge in [-0.25, -0.2) is 0 Å². The van der Waals surface area contributed by atoms with Crippen LogP contribution in [0.4, 0.5) is 0 Å². The normalized spacial score (nSPS) is 22.6. The molecule has 2 aliphatic heterocycles. The number of piperidine rings is 1. The van der Waals surface area contributed by atoms with Gasteiger partial charge in [0, 0.05) is 36.9 Å². The van der Waals surface area contributed by atoms with Gasteiger partial charge in [-0.3, -0.25) is 4.79 Å². The predicted molar refractivity (Wildman–Crippen MR) is 100 cm³/mol. The maximum absolute atomic E-state index is 13.0. The Balaban J connectivity index is 1.47. The summed E-state index contributed by atoms with van der Waals surface area (Å²) in [6, 6.07) is 7.30. The first kappa shape index (κ1) is 18.4. The summed E-state index contributed by atoms with van der Waals surface area (Å²) in [5.41, 5.74) is 6.41. The average molecular weight is 391 g/mol. The molecular formula is C19H23ClN4O3. The summed E-state index contributed by atoms with van der Waals surface area (Å²) in [6.45, 7) is 2.34. The van der Waals surface area contributed by atoms with Gasteiger partial charge in [-0.2, -0.15) is 4.98 Å². The smallest absolute Gasteiger partial charge is 0.242 e. The Kier molecular flexibility index (Phi) is 5.16. The molecule has 2 aliphatic rings. The van der Waals surface area contributed by atoms with E-state index in [0.29, 0.717) is 55.9 Å². The molecule has 0 saturated carbocycles. The maximum atomic E-state index is 13.0. The molecule has 2 fully saturated rings. The van der Waals surface area contributed by atoms with Crippen molar-refractivity contribution in [1.82, 2.24) is 15.0 Å². The van der Waals surface area contributed by atoms with Gasteiger partial charge >= 0.3 is 0 Å². The Bertz CT molecular complexity index is 802. The molecule has 0 bridgehead atoms. The van der Waals surface area contributed by atoms with Crippen molar-refractivity contribution in [3.63, 3.8) is 0 Å². The van der Waals surface area contributed by atoms with Crippen molar-refractivity contribution in [1.29, 1.82) is 0 Å². The second-order valence-corrected chi connectivity index (χ2v) is 7.76. The molecule has 2 N–H and O–H groups in total. The second-order valence-electron chi connectivity index (χ2n) is 7.32. The highest BCUT2D eigenvalue weighted by atomic mass is 35.5. The quantitative estimate of drug-likeness (QED) is 0.865. The minimum absolute atomic E-state index is 0.00735. The topological polar surface area (TPSA) is 94.5 Å². The Morgan fingerprint density at radius 3 is 2.74 bits per heavy atom. The van der Waals surface area contributed by atoms with Gasteiger partial charge in [0.05, 0.1) is 11.5 Å². The number of likely N-dealkylation sites (tertiary alicyclic amines) is 1. The van der Waals surface area contributed by atoms with Crippen molar-refractivity contribution in [2.24, 2.45) is 5.73 Å². The van der Waals surface area contributed by atoms with Crippen LogP contribution in [0.2, 0.25) is 5.02 Å². The number of amides is 1. The number of benzene rings is 1. The van der Waals surface area contributed by atoms with Crippen molar-refractivity contribution in [3.05, 3.63) is 35.2 Å². The van der Waals surface area contributed by atoms with E-state index in [0.717, 1.165) is 18.4 Å². The molecule has 0 spiro atoms. The summed E-state index contributed by atoms with van der Waals surface area (Å²) < 4.78 is 10.9. The Morgan fingerprint density at radius 2 is 2.00 bits per heavy atom. The molecule has 1 aromatic carbocycles. The molecule has 2 aromatic rings. The van der Waals surface area contributed by atoms with Gasteiger partial charge in [-0.05, 0) is 49.9 Å². The zero-order valence-corrected chi connectivity index (χ0v) is 15.8. The number of aromatic nitrogens is 2. The van der Waals surface area contributed by atoms with E-state index in [1.807, 2.05) is 17.0 Å². The Morgan fingerprint density at radius 1 is 1.26 bits per heavy atom. The lowest BCUT2D eigenvalue weighted by Gasteiger charge is -2.39. The molecule has 0 radical (unpaired) electrons. The first-order valence-electron chi connectivity index (χ1n) is 9.31. The molecule has 144 valence electrons. The van der Waals surface area contributed by atoms with Crippen LogP contribution < -0.4 is 5.73 Å². The van der Waals surface area contributed by atoms with Crippen molar-refractivity contribution in [2.45, 2.75) is 37.1 Å². The van der Waals surface area contributed by atoms with Gasteiger partial charge in [-0.15, -0.1) is 0 Å². The molecule has 3 heterocycles. The molecule has 1 aromatic heterocycles. The molecule has 2 saturated heterocycles. The van der Waals surface area contributed by atoms with E-state index >= 15 is 0 Å². The fourth-order valence-electron chi connectivity index (χ4n) is 3.74. The van der Waals surface area contributed by atoms with Gasteiger partial charge < -0.3 is 19.9 Å². The number of nitrogens with two attached hydrogens (primary N) is 1. The van der Waals surface area contributed by atoms with Crippen LogP contribution in [0.25, 0.3) is 11.4 Å². The molecule has 4 rings (SSSR count). The summed E-state index contributed by atoms with van der Waals surface area (Å²) in [5.74, 6) is 1.13. The number of hydrogen-bond donors (Lipinski definition) is 1. The molecule has 0 aliphatic carbocycles. The van der Waals surface area contributed by atoms with Crippen molar-refractivity contribution < 1.29 is 14.1 Å². The third-order valence-corrected chi connectivity index (χ3v) is 5.66. The number of nitrogens with zero attached hydrogens (tertiary/aromatic N) is 3. The summed E-state index contributed by atoms with van der Waals surface area (Å²) in [7, 11) is 0. The highest BCUT2D eigenvalue weighted by molar-refractivity contribution is 6.30. The Hall–Kier alpha value is -1.96. The van der Waals surface area contributed by atoms with E-state index in [9.17, 15) is 4.79 Å². The van der Waals surface area contributed by atoms with Gasteiger partial charge in [0.2, 0.25) is 17.6 Å². The highest BCUT2D eigenvalue weighted by Crippen LogP contribution is 2.30. The van der Waals surface area contributed by atoms with Crippen molar-refractivity contribution in [3.8, 4) is 11.4 Å². The molecule has 1 atom stereocenters. The summed E-state index contributed by atoms with van der Waals surface area (Å²) in [6.07, 6.45) is 2.93. The fraction of sp³-hybridized carbons (Fsp3) is 0.526. The standard InChI is InChI=1S/C19H23ClN4O3/c20-15-5-3-13(4-6-15)16-22-17(27-23-16)14-2-1-9-24(12-14)18(25)19(21)7-10-26-11-8-19/h3-6,14H,1-2,7-12,21H2. The van der Waals surface area contributed by atoms with Crippen LogP contribution in [0, 0.1) is 0 Å². The van der Waals surface area contributed by atoms with Crippen LogP contribution in [-0.2, 0) is 9.53 Å². The first-order valence-corrected chi connectivity index (χ1v) is 9.68. The van der Waals surface area contributed by atoms with Crippen LogP contribution in [0.5, 0.6) is 0 Å². The van der Waals surface area contributed by atoms with Gasteiger partial charge in [0.15, 0.2) is 0 Å². The third kappa shape index (κ3) is 3.85. The molecule has 1 amide bonds. The van der Waals surface area contributed by atoms with Gasteiger partial charge in [-0.1, -0.05) is 16.8 Å². The number of hydrogen-bond acceptors (Lipinski definition) is 6. The van der Waals surface area contributed by atoms with Gasteiger partial charge in [0.25, 0.3) is 0 Å². The molecule has 8 heteroatoms. The minimum Gasteiger partial charge on any atom is -0.381 e. The Labute approximate surface area is 162 Å². The maximum Gasteiger partial charge on any atom is 0.242 e. The summed E-state index contributed by atoms with van der Waals surface area (Å²) in [5, 5.41) is 4.75. The van der Waals surface area contributed by atoms with E-state index in [1.54, 1.807) is 12.1 Å². The third-order valence-electron chi connectivity index (χ3n) is 5.41. The van der Waals surface area contributed by atoms with Crippen molar-refractivity contribution >= 4 is 17.5 Å². The lowest BCUT2D eigenvalue weighted by Crippen LogP contribution is -2.59. The fourth-order valence-corrected chi connectivity index (χ4v) is 3.87. The van der Waals surface area contributed by atoms with E-state index in [1.165, 1.54) is 0 Å². The zero-order chi connectivity index (χ0) is 18.9. The monoisotopic (exact) mass is 390 g/mol. The van der Waals surface area contributed by atoms with Crippen molar-refractivity contribution in [2.75, 3.05) is 26.3 Å². The number of carbonyl (C=O) groups is 1.